The second kappa shape index (κ2) is 6.20. The van der Waals surface area contributed by atoms with Crippen LogP contribution in [0.2, 0.25) is 5.15 Å². The van der Waals surface area contributed by atoms with E-state index in [1.165, 1.54) is 11.3 Å². The molecule has 0 saturated heterocycles. The molecular formula is C14H12ClN3O2S. The molecule has 2 aromatic rings. The molecule has 1 aromatic carbocycles. The Kier molecular flexibility index (Phi) is 4.13. The van der Waals surface area contributed by atoms with Crippen molar-refractivity contribution in [1.29, 1.82) is 5.26 Å². The van der Waals surface area contributed by atoms with Crippen molar-refractivity contribution in [3.63, 3.8) is 0 Å². The van der Waals surface area contributed by atoms with Crippen molar-refractivity contribution in [3.05, 3.63) is 33.8 Å². The summed E-state index contributed by atoms with van der Waals surface area (Å²) in [4.78, 5) is 4.52. The van der Waals surface area contributed by atoms with E-state index >= 15 is 0 Å². The van der Waals surface area contributed by atoms with E-state index in [2.05, 4.69) is 10.3 Å². The maximum Gasteiger partial charge on any atom is 0.185 e. The topological polar surface area (TPSA) is 67.2 Å². The van der Waals surface area contributed by atoms with Gasteiger partial charge in [-0.05, 0) is 24.1 Å². The molecule has 2 heterocycles. The summed E-state index contributed by atoms with van der Waals surface area (Å²) in [6.45, 7) is 1.89. The molecule has 0 radical (unpaired) electrons. The number of ether oxygens (including phenoxy) is 2. The number of rotatable bonds is 4. The van der Waals surface area contributed by atoms with Gasteiger partial charge in [-0.2, -0.15) is 5.26 Å². The normalized spacial score (nSPS) is 12.8. The van der Waals surface area contributed by atoms with Crippen molar-refractivity contribution in [2.24, 2.45) is 0 Å². The molecule has 21 heavy (non-hydrogen) atoms. The molecule has 0 amide bonds. The van der Waals surface area contributed by atoms with Crippen LogP contribution in [0.4, 0.5) is 5.13 Å². The number of anilines is 1. The largest absolute Gasteiger partial charge is 0.486 e. The van der Waals surface area contributed by atoms with Crippen LogP contribution >= 0.6 is 22.9 Å². The van der Waals surface area contributed by atoms with Crippen LogP contribution in [0, 0.1) is 11.3 Å². The van der Waals surface area contributed by atoms with Crippen LogP contribution < -0.4 is 14.8 Å². The standard InChI is InChI=1S/C14H12ClN3O2S/c15-13-12(8-16)21-14(18-13)17-4-3-9-1-2-10-11(7-9)20-6-5-19-10/h1-2,7H,3-6H2,(H,17,18). The highest BCUT2D eigenvalue weighted by Gasteiger charge is 2.12. The minimum absolute atomic E-state index is 0.254. The molecule has 0 unspecified atom stereocenters. The first-order valence-corrected chi connectivity index (χ1v) is 7.64. The average molecular weight is 322 g/mol. The number of nitrogens with zero attached hydrogens (tertiary/aromatic N) is 2. The highest BCUT2D eigenvalue weighted by molar-refractivity contribution is 7.16. The molecule has 7 heteroatoms. The van der Waals surface area contributed by atoms with Gasteiger partial charge in [0.2, 0.25) is 0 Å². The monoisotopic (exact) mass is 321 g/mol. The number of fused-ring (bicyclic) bond motifs is 1. The molecule has 5 nitrogen and oxygen atoms in total. The quantitative estimate of drug-likeness (QED) is 0.937. The van der Waals surface area contributed by atoms with Crippen molar-refractivity contribution in [3.8, 4) is 17.6 Å². The van der Waals surface area contributed by atoms with E-state index in [0.717, 1.165) is 23.5 Å². The summed E-state index contributed by atoms with van der Waals surface area (Å²) >= 11 is 7.08. The van der Waals surface area contributed by atoms with Gasteiger partial charge >= 0.3 is 0 Å². The summed E-state index contributed by atoms with van der Waals surface area (Å²) in [7, 11) is 0. The molecule has 0 aliphatic carbocycles. The van der Waals surface area contributed by atoms with Crippen LogP contribution in [0.25, 0.3) is 0 Å². The number of halogens is 1. The molecule has 1 N–H and O–H groups in total. The van der Waals surface area contributed by atoms with E-state index in [-0.39, 0.29) is 5.15 Å². The number of hydrogen-bond donors (Lipinski definition) is 1. The van der Waals surface area contributed by atoms with Gasteiger partial charge in [-0.25, -0.2) is 4.98 Å². The van der Waals surface area contributed by atoms with Crippen LogP contribution in [0.1, 0.15) is 10.4 Å². The SMILES string of the molecule is N#Cc1sc(NCCc2ccc3c(c2)OCCO3)nc1Cl. The van der Waals surface area contributed by atoms with Crippen LogP contribution in [0.5, 0.6) is 11.5 Å². The lowest BCUT2D eigenvalue weighted by Crippen LogP contribution is -2.15. The fourth-order valence-corrected chi connectivity index (χ4v) is 2.98. The molecule has 1 aliphatic rings. The first kappa shape index (κ1) is 14.0. The van der Waals surface area contributed by atoms with Gasteiger partial charge in [0.15, 0.2) is 21.8 Å². The van der Waals surface area contributed by atoms with Gasteiger partial charge in [0.05, 0.1) is 0 Å². The first-order valence-electron chi connectivity index (χ1n) is 6.45. The Morgan fingerprint density at radius 1 is 1.33 bits per heavy atom. The lowest BCUT2D eigenvalue weighted by atomic mass is 10.1. The first-order chi connectivity index (χ1) is 10.3. The van der Waals surface area contributed by atoms with Crippen molar-refractivity contribution in [1.82, 2.24) is 4.98 Å². The molecule has 0 saturated carbocycles. The lowest BCUT2D eigenvalue weighted by Gasteiger charge is -2.18. The highest BCUT2D eigenvalue weighted by Crippen LogP contribution is 2.31. The van der Waals surface area contributed by atoms with E-state index < -0.39 is 0 Å². The molecule has 0 fully saturated rings. The Bertz CT molecular complexity index is 696. The number of aromatic nitrogens is 1. The molecule has 0 bridgehead atoms. The minimum atomic E-state index is 0.254. The number of nitrogens with one attached hydrogen (secondary N) is 1. The number of benzene rings is 1. The Morgan fingerprint density at radius 2 is 2.14 bits per heavy atom. The zero-order chi connectivity index (χ0) is 14.7. The second-order valence-electron chi connectivity index (χ2n) is 4.41. The summed E-state index contributed by atoms with van der Waals surface area (Å²) < 4.78 is 11.0. The average Bonchev–Trinajstić information content (AvgIpc) is 2.87. The van der Waals surface area contributed by atoms with Gasteiger partial charge in [0.25, 0.3) is 0 Å². The van der Waals surface area contributed by atoms with E-state index in [1.54, 1.807) is 0 Å². The Morgan fingerprint density at radius 3 is 2.90 bits per heavy atom. The van der Waals surface area contributed by atoms with Crippen molar-refractivity contribution in [2.75, 3.05) is 25.1 Å². The Hall–Kier alpha value is -1.97. The van der Waals surface area contributed by atoms with Gasteiger partial charge in [-0.1, -0.05) is 29.0 Å². The maximum absolute atomic E-state index is 8.83. The number of hydrogen-bond acceptors (Lipinski definition) is 6. The highest BCUT2D eigenvalue weighted by atomic mass is 35.5. The van der Waals surface area contributed by atoms with Gasteiger partial charge in [-0.3, -0.25) is 0 Å². The van der Waals surface area contributed by atoms with Crippen LogP contribution in [0.15, 0.2) is 18.2 Å². The lowest BCUT2D eigenvalue weighted by molar-refractivity contribution is 0.171. The number of thiazole rings is 1. The summed E-state index contributed by atoms with van der Waals surface area (Å²) in [6, 6.07) is 7.95. The number of nitriles is 1. The third-order valence-corrected chi connectivity index (χ3v) is 4.29. The van der Waals surface area contributed by atoms with Gasteiger partial charge < -0.3 is 14.8 Å². The van der Waals surface area contributed by atoms with Crippen molar-refractivity contribution < 1.29 is 9.47 Å². The maximum atomic E-state index is 8.83. The van der Waals surface area contributed by atoms with E-state index in [1.807, 2.05) is 24.3 Å². The summed E-state index contributed by atoms with van der Waals surface area (Å²) in [5.41, 5.74) is 1.15. The Labute approximate surface area is 131 Å². The van der Waals surface area contributed by atoms with Crippen molar-refractivity contribution in [2.45, 2.75) is 6.42 Å². The third-order valence-electron chi connectivity index (χ3n) is 2.98. The van der Waals surface area contributed by atoms with E-state index in [0.29, 0.717) is 29.8 Å². The summed E-state index contributed by atoms with van der Waals surface area (Å²) in [5, 5.41) is 12.9. The molecule has 0 atom stereocenters. The molecule has 1 aliphatic heterocycles. The zero-order valence-electron chi connectivity index (χ0n) is 11.1. The molecule has 1 aromatic heterocycles. The van der Waals surface area contributed by atoms with E-state index in [9.17, 15) is 0 Å². The zero-order valence-corrected chi connectivity index (χ0v) is 12.6. The van der Waals surface area contributed by atoms with Crippen LogP contribution in [-0.2, 0) is 6.42 Å². The summed E-state index contributed by atoms with van der Waals surface area (Å²) in [6.07, 6.45) is 0.815. The smallest absolute Gasteiger partial charge is 0.185 e. The molecule has 108 valence electrons. The minimum Gasteiger partial charge on any atom is -0.486 e. The predicted molar refractivity (Wildman–Crippen MR) is 81.5 cm³/mol. The van der Waals surface area contributed by atoms with Gasteiger partial charge in [0.1, 0.15) is 24.2 Å². The fourth-order valence-electron chi connectivity index (χ4n) is 2.00. The Balaban J connectivity index is 1.59. The second-order valence-corrected chi connectivity index (χ2v) is 5.76. The predicted octanol–water partition coefficient (Wildman–Crippen LogP) is 3.09. The van der Waals surface area contributed by atoms with Crippen LogP contribution in [0.3, 0.4) is 0 Å². The molecule has 3 rings (SSSR count). The molecule has 0 spiro atoms. The van der Waals surface area contributed by atoms with Crippen LogP contribution in [-0.4, -0.2) is 24.7 Å². The fraction of sp³-hybridized carbons (Fsp3) is 0.286. The van der Waals surface area contributed by atoms with Gasteiger partial charge in [0, 0.05) is 6.54 Å². The van der Waals surface area contributed by atoms with Gasteiger partial charge in [-0.15, -0.1) is 0 Å². The van der Waals surface area contributed by atoms with E-state index in [4.69, 9.17) is 26.3 Å². The summed E-state index contributed by atoms with van der Waals surface area (Å²) in [5.74, 6) is 1.59. The third kappa shape index (κ3) is 3.20. The van der Waals surface area contributed by atoms with Crippen molar-refractivity contribution >= 4 is 28.1 Å². The molecular weight excluding hydrogens is 310 g/mol.